The Hall–Kier alpha value is -2.82. The van der Waals surface area contributed by atoms with Crippen molar-refractivity contribution in [3.8, 4) is 11.3 Å². The molecule has 0 unspecified atom stereocenters. The van der Waals surface area contributed by atoms with Crippen molar-refractivity contribution in [3.05, 3.63) is 72.6 Å². The summed E-state index contributed by atoms with van der Waals surface area (Å²) in [5.74, 6) is 0.279. The van der Waals surface area contributed by atoms with E-state index >= 15 is 0 Å². The van der Waals surface area contributed by atoms with Gasteiger partial charge in [0.15, 0.2) is 5.82 Å². The van der Waals surface area contributed by atoms with Crippen LogP contribution in [0.15, 0.2) is 61.2 Å². The first-order valence-corrected chi connectivity index (χ1v) is 7.03. The minimum absolute atomic E-state index is 0.305. The molecule has 3 aromatic rings. The predicted octanol–water partition coefficient (Wildman–Crippen LogP) is 3.33. The Labute approximate surface area is 128 Å². The van der Waals surface area contributed by atoms with E-state index in [-0.39, 0.29) is 5.82 Å². The Bertz CT molecular complexity index is 746. The van der Waals surface area contributed by atoms with Crippen LogP contribution in [-0.2, 0) is 6.42 Å². The molecule has 0 saturated heterocycles. The van der Waals surface area contributed by atoms with E-state index in [1.807, 2.05) is 12.1 Å². The summed E-state index contributed by atoms with van der Waals surface area (Å²) < 4.78 is 13.9. The van der Waals surface area contributed by atoms with Crippen LogP contribution >= 0.6 is 0 Å². The number of hydrogen-bond acceptors (Lipinski definition) is 4. The highest BCUT2D eigenvalue weighted by Gasteiger charge is 2.11. The van der Waals surface area contributed by atoms with Crippen LogP contribution in [0.1, 0.15) is 5.56 Å². The van der Waals surface area contributed by atoms with E-state index in [4.69, 9.17) is 0 Å². The average molecular weight is 294 g/mol. The number of nitrogens with zero attached hydrogens (tertiary/aromatic N) is 3. The number of benzene rings is 1. The monoisotopic (exact) mass is 294 g/mol. The second-order valence-electron chi connectivity index (χ2n) is 4.77. The van der Waals surface area contributed by atoms with Crippen LogP contribution in [0.25, 0.3) is 11.3 Å². The van der Waals surface area contributed by atoms with E-state index in [9.17, 15) is 4.39 Å². The minimum Gasteiger partial charge on any atom is -0.368 e. The predicted molar refractivity (Wildman–Crippen MR) is 83.9 cm³/mol. The first-order chi connectivity index (χ1) is 10.8. The largest absolute Gasteiger partial charge is 0.368 e. The average Bonchev–Trinajstić information content (AvgIpc) is 2.57. The molecule has 2 aromatic heterocycles. The quantitative estimate of drug-likeness (QED) is 0.784. The summed E-state index contributed by atoms with van der Waals surface area (Å²) in [4.78, 5) is 12.5. The van der Waals surface area contributed by atoms with Crippen molar-refractivity contribution in [2.75, 3.05) is 11.9 Å². The highest BCUT2D eigenvalue weighted by atomic mass is 19.1. The zero-order valence-electron chi connectivity index (χ0n) is 11.9. The fourth-order valence-electron chi connectivity index (χ4n) is 2.19. The van der Waals surface area contributed by atoms with Gasteiger partial charge in [0.2, 0.25) is 0 Å². The van der Waals surface area contributed by atoms with Crippen molar-refractivity contribution in [2.45, 2.75) is 6.42 Å². The lowest BCUT2D eigenvalue weighted by Gasteiger charge is -2.10. The summed E-state index contributed by atoms with van der Waals surface area (Å²) in [6.45, 7) is 0.685. The molecule has 3 rings (SSSR count). The van der Waals surface area contributed by atoms with Gasteiger partial charge in [-0.2, -0.15) is 0 Å². The molecular weight excluding hydrogens is 279 g/mol. The van der Waals surface area contributed by atoms with Gasteiger partial charge < -0.3 is 5.32 Å². The molecule has 0 saturated carbocycles. The molecule has 0 amide bonds. The number of halogens is 1. The second kappa shape index (κ2) is 6.76. The van der Waals surface area contributed by atoms with Crippen molar-refractivity contribution in [1.82, 2.24) is 15.0 Å². The normalized spacial score (nSPS) is 10.4. The van der Waals surface area contributed by atoms with Crippen molar-refractivity contribution in [1.29, 1.82) is 0 Å². The highest BCUT2D eigenvalue weighted by Crippen LogP contribution is 2.25. The Kier molecular flexibility index (Phi) is 4.34. The molecule has 0 atom stereocenters. The van der Waals surface area contributed by atoms with Crippen LogP contribution in [0.5, 0.6) is 0 Å². The van der Waals surface area contributed by atoms with Crippen molar-refractivity contribution >= 4 is 5.82 Å². The van der Waals surface area contributed by atoms with Gasteiger partial charge in [0.05, 0.1) is 0 Å². The third kappa shape index (κ3) is 3.25. The fraction of sp³-hybridized carbons (Fsp3) is 0.118. The molecule has 1 aromatic carbocycles. The lowest BCUT2D eigenvalue weighted by Crippen LogP contribution is -2.08. The minimum atomic E-state index is -0.305. The van der Waals surface area contributed by atoms with Crippen LogP contribution in [0.4, 0.5) is 10.2 Å². The smallest absolute Gasteiger partial charge is 0.152 e. The van der Waals surface area contributed by atoms with Crippen molar-refractivity contribution < 1.29 is 4.39 Å². The van der Waals surface area contributed by atoms with Gasteiger partial charge in [0, 0.05) is 36.9 Å². The lowest BCUT2D eigenvalue weighted by atomic mass is 10.1. The maximum Gasteiger partial charge on any atom is 0.152 e. The molecular formula is C17H15FN4. The van der Waals surface area contributed by atoms with E-state index in [1.165, 1.54) is 11.6 Å². The van der Waals surface area contributed by atoms with Crippen molar-refractivity contribution in [2.24, 2.45) is 0 Å². The number of aromatic nitrogens is 3. The van der Waals surface area contributed by atoms with Crippen LogP contribution in [0, 0.1) is 5.82 Å². The van der Waals surface area contributed by atoms with Gasteiger partial charge in [0.1, 0.15) is 11.5 Å². The summed E-state index contributed by atoms with van der Waals surface area (Å²) in [5, 5.41) is 3.23. The molecule has 2 heterocycles. The van der Waals surface area contributed by atoms with E-state index < -0.39 is 0 Å². The molecule has 0 fully saturated rings. The number of anilines is 1. The Morgan fingerprint density at radius 3 is 2.50 bits per heavy atom. The summed E-state index contributed by atoms with van der Waals surface area (Å²) in [6, 6.07) is 10.5. The van der Waals surface area contributed by atoms with E-state index in [1.54, 1.807) is 43.0 Å². The van der Waals surface area contributed by atoms with Gasteiger partial charge in [-0.15, -0.1) is 0 Å². The third-order valence-electron chi connectivity index (χ3n) is 3.28. The van der Waals surface area contributed by atoms with E-state index in [0.29, 0.717) is 23.6 Å². The first kappa shape index (κ1) is 14.1. The molecule has 0 aliphatic rings. The van der Waals surface area contributed by atoms with Gasteiger partial charge in [-0.1, -0.05) is 12.1 Å². The van der Waals surface area contributed by atoms with Gasteiger partial charge in [-0.3, -0.25) is 9.97 Å². The van der Waals surface area contributed by atoms with E-state index in [2.05, 4.69) is 20.3 Å². The molecule has 5 heteroatoms. The molecule has 0 spiro atoms. The number of pyridine rings is 1. The van der Waals surface area contributed by atoms with Crippen LogP contribution in [0.2, 0.25) is 0 Å². The van der Waals surface area contributed by atoms with Gasteiger partial charge in [-0.25, -0.2) is 9.37 Å². The summed E-state index contributed by atoms with van der Waals surface area (Å²) in [7, 11) is 0. The van der Waals surface area contributed by atoms with Gasteiger partial charge in [-0.05, 0) is 36.2 Å². The SMILES string of the molecule is Fc1ccccc1-c1nccnc1NCCc1ccncc1. The van der Waals surface area contributed by atoms with Crippen LogP contribution < -0.4 is 5.32 Å². The molecule has 0 aliphatic carbocycles. The Morgan fingerprint density at radius 1 is 0.909 bits per heavy atom. The van der Waals surface area contributed by atoms with Crippen LogP contribution in [0.3, 0.4) is 0 Å². The third-order valence-corrected chi connectivity index (χ3v) is 3.28. The number of hydrogen-bond donors (Lipinski definition) is 1. The van der Waals surface area contributed by atoms with Crippen LogP contribution in [-0.4, -0.2) is 21.5 Å². The summed E-state index contributed by atoms with van der Waals surface area (Å²) in [6.07, 6.45) is 7.52. The molecule has 110 valence electrons. The highest BCUT2D eigenvalue weighted by molar-refractivity contribution is 5.71. The van der Waals surface area contributed by atoms with Gasteiger partial charge in [0.25, 0.3) is 0 Å². The summed E-state index contributed by atoms with van der Waals surface area (Å²) >= 11 is 0. The first-order valence-electron chi connectivity index (χ1n) is 7.03. The molecule has 22 heavy (non-hydrogen) atoms. The second-order valence-corrected chi connectivity index (χ2v) is 4.77. The fourth-order valence-corrected chi connectivity index (χ4v) is 2.19. The number of rotatable bonds is 5. The standard InChI is InChI=1S/C17H15FN4/c18-15-4-2-1-3-14(15)16-17(22-12-11-20-16)21-10-7-13-5-8-19-9-6-13/h1-6,8-9,11-12H,7,10H2,(H,21,22). The zero-order valence-corrected chi connectivity index (χ0v) is 11.9. The van der Waals surface area contributed by atoms with E-state index in [0.717, 1.165) is 6.42 Å². The zero-order chi connectivity index (χ0) is 15.2. The molecule has 0 radical (unpaired) electrons. The lowest BCUT2D eigenvalue weighted by molar-refractivity contribution is 0.630. The topological polar surface area (TPSA) is 50.7 Å². The Balaban J connectivity index is 1.76. The molecule has 0 aliphatic heterocycles. The maximum absolute atomic E-state index is 13.9. The summed E-state index contributed by atoms with van der Waals surface area (Å²) in [5.41, 5.74) is 2.15. The van der Waals surface area contributed by atoms with Crippen molar-refractivity contribution in [3.63, 3.8) is 0 Å². The number of nitrogens with one attached hydrogen (secondary N) is 1. The molecule has 4 nitrogen and oxygen atoms in total. The van der Waals surface area contributed by atoms with Gasteiger partial charge >= 0.3 is 0 Å². The maximum atomic E-state index is 13.9. The Morgan fingerprint density at radius 2 is 1.68 bits per heavy atom. The molecule has 1 N–H and O–H groups in total. The molecule has 0 bridgehead atoms.